The van der Waals surface area contributed by atoms with Gasteiger partial charge in [-0.3, -0.25) is 4.79 Å². The molecule has 14 heavy (non-hydrogen) atoms. The van der Waals surface area contributed by atoms with Crippen molar-refractivity contribution in [2.24, 2.45) is 0 Å². The first-order chi connectivity index (χ1) is 6.66. The van der Waals surface area contributed by atoms with Gasteiger partial charge in [0.25, 0.3) is 0 Å². The van der Waals surface area contributed by atoms with Gasteiger partial charge in [-0.1, -0.05) is 11.6 Å². The summed E-state index contributed by atoms with van der Waals surface area (Å²) in [5.74, 6) is -0.0291. The summed E-state index contributed by atoms with van der Waals surface area (Å²) in [5.41, 5.74) is 0.807. The molecule has 0 fully saturated rings. The van der Waals surface area contributed by atoms with E-state index in [0.717, 1.165) is 10.6 Å². The molecule has 1 aromatic rings. The standard InChI is InChI=1S/C9H9ClN2OS/c1-5-9(13)11-7-3-2-6(10)4-8(7)14-12-5/h2-5,12H,1H3,(H,11,13). The molecule has 1 unspecified atom stereocenters. The zero-order valence-corrected chi connectivity index (χ0v) is 9.08. The van der Waals surface area contributed by atoms with E-state index in [0.29, 0.717) is 5.02 Å². The van der Waals surface area contributed by atoms with Crippen LogP contribution in [-0.4, -0.2) is 11.9 Å². The summed E-state index contributed by atoms with van der Waals surface area (Å²) in [6, 6.07) is 5.19. The molecule has 2 rings (SSSR count). The van der Waals surface area contributed by atoms with Crippen LogP contribution in [0.3, 0.4) is 0 Å². The first-order valence-corrected chi connectivity index (χ1v) is 5.39. The van der Waals surface area contributed by atoms with Gasteiger partial charge < -0.3 is 5.32 Å². The zero-order chi connectivity index (χ0) is 10.1. The second kappa shape index (κ2) is 3.81. The second-order valence-electron chi connectivity index (χ2n) is 3.07. The van der Waals surface area contributed by atoms with E-state index < -0.39 is 0 Å². The summed E-state index contributed by atoms with van der Waals surface area (Å²) in [6.07, 6.45) is 0. The Morgan fingerprint density at radius 2 is 2.29 bits per heavy atom. The number of anilines is 1. The maximum Gasteiger partial charge on any atom is 0.242 e. The van der Waals surface area contributed by atoms with Gasteiger partial charge in [0.2, 0.25) is 5.91 Å². The fourth-order valence-corrected chi connectivity index (χ4v) is 2.19. The van der Waals surface area contributed by atoms with Crippen LogP contribution in [0.2, 0.25) is 5.02 Å². The Morgan fingerprint density at radius 3 is 3.07 bits per heavy atom. The number of amides is 1. The molecule has 1 heterocycles. The molecule has 0 bridgehead atoms. The average Bonchev–Trinajstić information content (AvgIpc) is 2.29. The lowest BCUT2D eigenvalue weighted by atomic mass is 10.3. The van der Waals surface area contributed by atoms with Crippen LogP contribution in [0.25, 0.3) is 0 Å². The maximum atomic E-state index is 11.4. The summed E-state index contributed by atoms with van der Waals surface area (Å²) < 4.78 is 3.02. The first-order valence-electron chi connectivity index (χ1n) is 4.19. The Kier molecular flexibility index (Phi) is 2.67. The SMILES string of the molecule is CC1NSc2cc(Cl)ccc2NC1=O. The Labute approximate surface area is 91.3 Å². The zero-order valence-electron chi connectivity index (χ0n) is 7.50. The van der Waals surface area contributed by atoms with Crippen LogP contribution in [-0.2, 0) is 4.79 Å². The molecule has 0 radical (unpaired) electrons. The first kappa shape index (κ1) is 9.83. The Bertz CT molecular complexity index is 383. The smallest absolute Gasteiger partial charge is 0.242 e. The van der Waals surface area contributed by atoms with Gasteiger partial charge in [-0.15, -0.1) is 0 Å². The molecular weight excluding hydrogens is 220 g/mol. The second-order valence-corrected chi connectivity index (χ2v) is 4.39. The Balaban J connectivity index is 2.37. The fourth-order valence-electron chi connectivity index (χ4n) is 1.13. The number of hydrogen-bond donors (Lipinski definition) is 2. The molecule has 1 aromatic carbocycles. The molecule has 1 amide bonds. The largest absolute Gasteiger partial charge is 0.324 e. The van der Waals surface area contributed by atoms with E-state index in [2.05, 4.69) is 10.0 Å². The molecule has 2 N–H and O–H groups in total. The van der Waals surface area contributed by atoms with Crippen LogP contribution in [0.15, 0.2) is 23.1 Å². The molecule has 0 saturated carbocycles. The van der Waals surface area contributed by atoms with Crippen LogP contribution < -0.4 is 10.0 Å². The third-order valence-electron chi connectivity index (χ3n) is 1.94. The number of fused-ring (bicyclic) bond motifs is 1. The van der Waals surface area contributed by atoms with Gasteiger partial charge in [0.1, 0.15) is 0 Å². The van der Waals surface area contributed by atoms with Gasteiger partial charge in [0.15, 0.2) is 0 Å². The van der Waals surface area contributed by atoms with Crippen LogP contribution >= 0.6 is 23.5 Å². The van der Waals surface area contributed by atoms with Crippen molar-refractivity contribution in [1.29, 1.82) is 0 Å². The van der Waals surface area contributed by atoms with Crippen molar-refractivity contribution < 1.29 is 4.79 Å². The van der Waals surface area contributed by atoms with E-state index in [1.165, 1.54) is 11.9 Å². The minimum absolute atomic E-state index is 0.0291. The third-order valence-corrected chi connectivity index (χ3v) is 3.20. The molecule has 0 aliphatic carbocycles. The minimum atomic E-state index is -0.203. The van der Waals surface area contributed by atoms with Gasteiger partial charge in [0.05, 0.1) is 11.7 Å². The molecule has 1 aliphatic rings. The van der Waals surface area contributed by atoms with E-state index >= 15 is 0 Å². The number of nitrogens with one attached hydrogen (secondary N) is 2. The molecule has 0 saturated heterocycles. The van der Waals surface area contributed by atoms with Gasteiger partial charge >= 0.3 is 0 Å². The molecule has 1 atom stereocenters. The van der Waals surface area contributed by atoms with E-state index in [4.69, 9.17) is 11.6 Å². The fraction of sp³-hybridized carbons (Fsp3) is 0.222. The van der Waals surface area contributed by atoms with Crippen molar-refractivity contribution in [3.05, 3.63) is 23.2 Å². The number of benzene rings is 1. The summed E-state index contributed by atoms with van der Waals surface area (Å²) >= 11 is 7.27. The lowest BCUT2D eigenvalue weighted by molar-refractivity contribution is -0.117. The van der Waals surface area contributed by atoms with Crippen LogP contribution in [0.4, 0.5) is 5.69 Å². The van der Waals surface area contributed by atoms with Crippen LogP contribution in [0.5, 0.6) is 0 Å². The van der Waals surface area contributed by atoms with Crippen molar-refractivity contribution in [2.75, 3.05) is 5.32 Å². The molecule has 0 aromatic heterocycles. The van der Waals surface area contributed by atoms with Crippen molar-refractivity contribution in [3.8, 4) is 0 Å². The maximum absolute atomic E-state index is 11.4. The monoisotopic (exact) mass is 228 g/mol. The van der Waals surface area contributed by atoms with Crippen molar-refractivity contribution >= 4 is 35.1 Å². The topological polar surface area (TPSA) is 41.1 Å². The molecule has 74 valence electrons. The van der Waals surface area contributed by atoms with Crippen LogP contribution in [0, 0.1) is 0 Å². The van der Waals surface area contributed by atoms with Crippen molar-refractivity contribution in [1.82, 2.24) is 4.72 Å². The highest BCUT2D eigenvalue weighted by molar-refractivity contribution is 7.97. The normalized spacial score (nSPS) is 21.0. The predicted molar refractivity (Wildman–Crippen MR) is 58.5 cm³/mol. The molecule has 3 nitrogen and oxygen atoms in total. The van der Waals surface area contributed by atoms with E-state index in [9.17, 15) is 4.79 Å². The van der Waals surface area contributed by atoms with E-state index in [1.54, 1.807) is 6.07 Å². The average molecular weight is 229 g/mol. The summed E-state index contributed by atoms with van der Waals surface area (Å²) in [5, 5.41) is 3.49. The highest BCUT2D eigenvalue weighted by Crippen LogP contribution is 2.30. The van der Waals surface area contributed by atoms with Gasteiger partial charge in [-0.25, -0.2) is 4.72 Å². The summed E-state index contributed by atoms with van der Waals surface area (Å²) in [6.45, 7) is 1.82. The number of carbonyl (C=O) groups is 1. The quantitative estimate of drug-likeness (QED) is 0.670. The minimum Gasteiger partial charge on any atom is -0.324 e. The van der Waals surface area contributed by atoms with Crippen LogP contribution in [0.1, 0.15) is 6.92 Å². The third kappa shape index (κ3) is 1.87. The lowest BCUT2D eigenvalue weighted by Crippen LogP contribution is -2.32. The molecule has 0 spiro atoms. The van der Waals surface area contributed by atoms with E-state index in [-0.39, 0.29) is 11.9 Å². The van der Waals surface area contributed by atoms with Crippen molar-refractivity contribution in [2.45, 2.75) is 17.9 Å². The number of rotatable bonds is 0. The van der Waals surface area contributed by atoms with E-state index in [1.807, 2.05) is 19.1 Å². The number of carbonyl (C=O) groups excluding carboxylic acids is 1. The van der Waals surface area contributed by atoms with Gasteiger partial charge in [-0.05, 0) is 37.1 Å². The van der Waals surface area contributed by atoms with Gasteiger partial charge in [-0.2, -0.15) is 0 Å². The summed E-state index contributed by atoms with van der Waals surface area (Å²) in [7, 11) is 0. The Morgan fingerprint density at radius 1 is 1.50 bits per heavy atom. The van der Waals surface area contributed by atoms with Crippen molar-refractivity contribution in [3.63, 3.8) is 0 Å². The predicted octanol–water partition coefficient (Wildman–Crippen LogP) is 2.28. The highest BCUT2D eigenvalue weighted by atomic mass is 35.5. The molecular formula is C9H9ClN2OS. The number of halogens is 1. The highest BCUT2D eigenvalue weighted by Gasteiger charge is 2.19. The lowest BCUT2D eigenvalue weighted by Gasteiger charge is -2.05. The summed E-state index contributed by atoms with van der Waals surface area (Å²) in [4.78, 5) is 12.4. The van der Waals surface area contributed by atoms with Gasteiger partial charge in [0, 0.05) is 9.92 Å². The Hall–Kier alpha value is -0.710. The number of hydrogen-bond acceptors (Lipinski definition) is 3. The molecule has 5 heteroatoms. The molecule has 1 aliphatic heterocycles.